The lowest BCUT2D eigenvalue weighted by molar-refractivity contribution is -0.121. The van der Waals surface area contributed by atoms with Crippen LogP contribution in [0.2, 0.25) is 0 Å². The van der Waals surface area contributed by atoms with Crippen LogP contribution in [0.1, 0.15) is 55.7 Å². The van der Waals surface area contributed by atoms with Crippen LogP contribution in [0.25, 0.3) is 11.1 Å². The molecule has 1 aliphatic carbocycles. The normalized spacial score (nSPS) is 19.7. The monoisotopic (exact) mass is 502 g/mol. The van der Waals surface area contributed by atoms with E-state index in [2.05, 4.69) is 51.4 Å². The molecule has 2 aliphatic heterocycles. The molecule has 0 aromatic carbocycles. The summed E-state index contributed by atoms with van der Waals surface area (Å²) in [7, 11) is 4.21. The van der Waals surface area contributed by atoms with Crippen molar-refractivity contribution in [3.8, 4) is 0 Å². The molecule has 0 atom stereocenters. The Labute approximate surface area is 220 Å². The van der Waals surface area contributed by atoms with E-state index < -0.39 is 0 Å². The third-order valence-electron chi connectivity index (χ3n) is 8.30. The Morgan fingerprint density at radius 1 is 0.973 bits per heavy atom. The molecule has 5 heterocycles. The summed E-state index contributed by atoms with van der Waals surface area (Å²) in [5, 5.41) is 7.57. The molecule has 8 nitrogen and oxygen atoms in total. The number of amides is 1. The molecule has 1 N–H and O–H groups in total. The number of allylic oxidation sites excluding steroid dienone is 1. The van der Waals surface area contributed by atoms with Gasteiger partial charge in [-0.2, -0.15) is 5.10 Å². The Morgan fingerprint density at radius 3 is 2.41 bits per heavy atom. The van der Waals surface area contributed by atoms with Crippen molar-refractivity contribution in [1.82, 2.24) is 24.4 Å². The van der Waals surface area contributed by atoms with E-state index in [1.807, 2.05) is 18.3 Å². The number of Topliss-reactive ketones (excluding diaryl/α,β-unsaturated/α-hetero) is 1. The van der Waals surface area contributed by atoms with Gasteiger partial charge in [0.1, 0.15) is 0 Å². The van der Waals surface area contributed by atoms with E-state index in [-0.39, 0.29) is 26.4 Å². The maximum absolute atomic E-state index is 13.4. The molecule has 6 rings (SSSR count). The van der Waals surface area contributed by atoms with E-state index in [9.17, 15) is 9.59 Å². The van der Waals surface area contributed by atoms with Crippen molar-refractivity contribution in [2.24, 2.45) is 11.8 Å². The Hall–Kier alpha value is -3.36. The summed E-state index contributed by atoms with van der Waals surface area (Å²) in [6, 6.07) is 6.15. The largest absolute Gasteiger partial charge is 0.324 e. The standard InChI is InChI=1S/C29H34N6O2.2H2/c1-33-10-5-19(6-11-33)28(36)25-18-31-35-14-9-21(15-27(25)35)23-3-4-26-24(23)16-22(17-30-26)32-29(37)20-7-12-34(2)13-8-20;;/h3,9,14-20H,4-8,10-13H2,1-2H3,(H,32,37);2*1H. The molecule has 196 valence electrons. The Balaban J connectivity index is 0.00000176. The molecule has 0 bridgehead atoms. The van der Waals surface area contributed by atoms with Gasteiger partial charge >= 0.3 is 0 Å². The van der Waals surface area contributed by atoms with Gasteiger partial charge in [0, 0.05) is 32.9 Å². The predicted octanol–water partition coefficient (Wildman–Crippen LogP) is 4.01. The lowest BCUT2D eigenvalue weighted by Gasteiger charge is -2.28. The summed E-state index contributed by atoms with van der Waals surface area (Å²) in [4.78, 5) is 35.4. The van der Waals surface area contributed by atoms with E-state index in [4.69, 9.17) is 0 Å². The van der Waals surface area contributed by atoms with Crippen molar-refractivity contribution in [2.75, 3.05) is 45.6 Å². The van der Waals surface area contributed by atoms with Gasteiger partial charge in [-0.05, 0) is 95.3 Å². The fourth-order valence-corrected chi connectivity index (χ4v) is 5.88. The third-order valence-corrected chi connectivity index (χ3v) is 8.30. The van der Waals surface area contributed by atoms with Gasteiger partial charge in [-0.1, -0.05) is 6.08 Å². The van der Waals surface area contributed by atoms with E-state index in [0.29, 0.717) is 5.56 Å². The van der Waals surface area contributed by atoms with Crippen LogP contribution in [0.15, 0.2) is 42.9 Å². The molecule has 1 amide bonds. The zero-order valence-corrected chi connectivity index (χ0v) is 21.6. The highest BCUT2D eigenvalue weighted by molar-refractivity contribution is 6.04. The molecule has 0 radical (unpaired) electrons. The van der Waals surface area contributed by atoms with Crippen molar-refractivity contribution in [2.45, 2.75) is 32.1 Å². The molecule has 0 spiro atoms. The lowest BCUT2D eigenvalue weighted by atomic mass is 9.89. The smallest absolute Gasteiger partial charge is 0.227 e. The average molecular weight is 503 g/mol. The number of hydrogen-bond acceptors (Lipinski definition) is 6. The summed E-state index contributed by atoms with van der Waals surface area (Å²) >= 11 is 0. The molecule has 8 heteroatoms. The first kappa shape index (κ1) is 24.0. The quantitative estimate of drug-likeness (QED) is 0.531. The molecule has 3 aliphatic rings. The van der Waals surface area contributed by atoms with E-state index in [1.165, 1.54) is 0 Å². The van der Waals surface area contributed by atoms with Crippen molar-refractivity contribution < 1.29 is 12.4 Å². The lowest BCUT2D eigenvalue weighted by Crippen LogP contribution is -2.35. The Kier molecular flexibility index (Phi) is 6.38. The van der Waals surface area contributed by atoms with Crippen LogP contribution >= 0.6 is 0 Å². The van der Waals surface area contributed by atoms with Gasteiger partial charge in [-0.25, -0.2) is 4.52 Å². The van der Waals surface area contributed by atoms with Crippen LogP contribution in [0, 0.1) is 11.8 Å². The second kappa shape index (κ2) is 9.84. The van der Waals surface area contributed by atoms with Crippen LogP contribution < -0.4 is 5.32 Å². The molecular formula is C29H38N6O2. The molecule has 37 heavy (non-hydrogen) atoms. The number of likely N-dealkylation sites (tertiary alicyclic amines) is 2. The third kappa shape index (κ3) is 4.71. The summed E-state index contributed by atoms with van der Waals surface area (Å²) in [5.74, 6) is 0.376. The first-order valence-corrected chi connectivity index (χ1v) is 13.4. The number of aromatic nitrogens is 3. The van der Waals surface area contributed by atoms with Gasteiger partial charge in [0.05, 0.1) is 34.9 Å². The number of rotatable bonds is 5. The predicted molar refractivity (Wildman–Crippen MR) is 148 cm³/mol. The molecule has 3 aromatic heterocycles. The number of carbonyl (C=O) groups is 2. The number of ketones is 1. The number of piperidine rings is 2. The summed E-state index contributed by atoms with van der Waals surface area (Å²) < 4.78 is 1.79. The van der Waals surface area contributed by atoms with Crippen molar-refractivity contribution in [3.05, 3.63) is 65.2 Å². The second-order valence-electron chi connectivity index (χ2n) is 10.9. The number of pyridine rings is 2. The van der Waals surface area contributed by atoms with Crippen LogP contribution in [-0.2, 0) is 11.2 Å². The Bertz CT molecular complexity index is 1390. The molecule has 2 saturated heterocycles. The summed E-state index contributed by atoms with van der Waals surface area (Å²) in [6.45, 7) is 3.81. The maximum Gasteiger partial charge on any atom is 0.227 e. The molecular weight excluding hydrogens is 464 g/mol. The summed E-state index contributed by atoms with van der Waals surface area (Å²) in [5.41, 5.74) is 6.43. The molecule has 3 aromatic rings. The van der Waals surface area contributed by atoms with E-state index in [1.54, 1.807) is 16.9 Å². The fourth-order valence-electron chi connectivity index (χ4n) is 5.88. The van der Waals surface area contributed by atoms with Crippen molar-refractivity contribution in [1.29, 1.82) is 0 Å². The van der Waals surface area contributed by atoms with Crippen molar-refractivity contribution in [3.63, 3.8) is 0 Å². The van der Waals surface area contributed by atoms with Gasteiger partial charge in [0.2, 0.25) is 5.91 Å². The van der Waals surface area contributed by atoms with Gasteiger partial charge in [-0.3, -0.25) is 14.6 Å². The highest BCUT2D eigenvalue weighted by Gasteiger charge is 2.28. The summed E-state index contributed by atoms with van der Waals surface area (Å²) in [6.07, 6.45) is 11.9. The van der Waals surface area contributed by atoms with Gasteiger partial charge in [-0.15, -0.1) is 0 Å². The van der Waals surface area contributed by atoms with E-state index >= 15 is 0 Å². The molecule has 2 fully saturated rings. The number of anilines is 1. The van der Waals surface area contributed by atoms with Crippen LogP contribution in [-0.4, -0.2) is 76.4 Å². The van der Waals surface area contributed by atoms with Crippen LogP contribution in [0.3, 0.4) is 0 Å². The first-order valence-electron chi connectivity index (χ1n) is 13.4. The highest BCUT2D eigenvalue weighted by atomic mass is 16.2. The van der Waals surface area contributed by atoms with Gasteiger partial charge in [0.25, 0.3) is 0 Å². The van der Waals surface area contributed by atoms with Gasteiger partial charge < -0.3 is 15.1 Å². The topological polar surface area (TPSA) is 82.8 Å². The molecule has 0 unspecified atom stereocenters. The highest BCUT2D eigenvalue weighted by Crippen LogP contribution is 2.34. The van der Waals surface area contributed by atoms with E-state index in [0.717, 1.165) is 91.9 Å². The van der Waals surface area contributed by atoms with Crippen LogP contribution in [0.5, 0.6) is 0 Å². The number of nitrogens with one attached hydrogen (secondary N) is 1. The number of nitrogens with zero attached hydrogens (tertiary/aromatic N) is 5. The van der Waals surface area contributed by atoms with Crippen molar-refractivity contribution >= 4 is 28.5 Å². The minimum atomic E-state index is 0. The minimum absolute atomic E-state index is 0. The first-order chi connectivity index (χ1) is 18.0. The number of fused-ring (bicyclic) bond motifs is 2. The minimum Gasteiger partial charge on any atom is -0.324 e. The maximum atomic E-state index is 13.4. The fraction of sp³-hybridized carbons (Fsp3) is 0.448. The second-order valence-corrected chi connectivity index (χ2v) is 10.9. The SMILES string of the molecule is CN1CCC(C(=O)Nc2cnc3c(c2)C(c2ccn4ncc(C(=O)C5CCN(C)CC5)c4c2)=CC3)CC1.[HH].[HH]. The zero-order chi connectivity index (χ0) is 25.5. The molecule has 0 saturated carbocycles. The Morgan fingerprint density at radius 2 is 1.68 bits per heavy atom. The zero-order valence-electron chi connectivity index (χ0n) is 21.6. The number of hydrogen-bond donors (Lipinski definition) is 1. The number of carbonyl (C=O) groups excluding carboxylic acids is 2. The van der Waals surface area contributed by atoms with Gasteiger partial charge in [0.15, 0.2) is 5.78 Å². The average Bonchev–Trinajstić information content (AvgIpc) is 3.52. The van der Waals surface area contributed by atoms with Crippen LogP contribution in [0.4, 0.5) is 5.69 Å².